The van der Waals surface area contributed by atoms with Crippen LogP contribution in [0.2, 0.25) is 0 Å². The first-order chi connectivity index (χ1) is 14.1. The maximum atomic E-state index is 12.3. The summed E-state index contributed by atoms with van der Waals surface area (Å²) in [6.45, 7) is 3.33. The van der Waals surface area contributed by atoms with Gasteiger partial charge < -0.3 is 19.3 Å². The fraction of sp³-hybridized carbons (Fsp3) is 0.318. The summed E-state index contributed by atoms with van der Waals surface area (Å²) in [6, 6.07) is 16.9. The van der Waals surface area contributed by atoms with Crippen molar-refractivity contribution < 1.29 is 23.9 Å². The highest BCUT2D eigenvalue weighted by atomic mass is 16.6. The van der Waals surface area contributed by atoms with Gasteiger partial charge in [-0.25, -0.2) is 9.59 Å². The predicted octanol–water partition coefficient (Wildman–Crippen LogP) is 2.81. The molecule has 0 aliphatic carbocycles. The van der Waals surface area contributed by atoms with Crippen LogP contribution in [0, 0.1) is 0 Å². The average Bonchev–Trinajstić information content (AvgIpc) is 2.78. The van der Waals surface area contributed by atoms with Crippen molar-refractivity contribution in [1.82, 2.24) is 9.80 Å². The molecule has 0 N–H and O–H groups in total. The molecule has 0 unspecified atom stereocenters. The molecule has 7 heteroatoms. The van der Waals surface area contributed by atoms with E-state index in [-0.39, 0.29) is 18.6 Å². The van der Waals surface area contributed by atoms with Gasteiger partial charge in [-0.15, -0.1) is 0 Å². The number of piperazine rings is 1. The van der Waals surface area contributed by atoms with Crippen LogP contribution in [0.3, 0.4) is 0 Å². The molecule has 1 aliphatic heterocycles. The predicted molar refractivity (Wildman–Crippen MR) is 107 cm³/mol. The van der Waals surface area contributed by atoms with E-state index in [2.05, 4.69) is 0 Å². The standard InChI is InChI=1S/C22H24N2O5/c1-2-28-22(27)24-14-12-23(13-15-24)20(25)16-29-21(26)19-10-8-18(9-11-19)17-6-4-3-5-7-17/h3-11H,2,12-16H2,1H3. The van der Waals surface area contributed by atoms with E-state index in [1.165, 1.54) is 0 Å². The Morgan fingerprint density at radius 1 is 0.793 bits per heavy atom. The molecular weight excluding hydrogens is 372 g/mol. The maximum absolute atomic E-state index is 12.3. The largest absolute Gasteiger partial charge is 0.452 e. The summed E-state index contributed by atoms with van der Waals surface area (Å²) in [7, 11) is 0. The van der Waals surface area contributed by atoms with Gasteiger partial charge in [0.1, 0.15) is 0 Å². The van der Waals surface area contributed by atoms with Gasteiger partial charge in [0, 0.05) is 26.2 Å². The zero-order valence-corrected chi connectivity index (χ0v) is 16.4. The Balaban J connectivity index is 1.47. The molecule has 0 aromatic heterocycles. The third-order valence-corrected chi connectivity index (χ3v) is 4.71. The van der Waals surface area contributed by atoms with Gasteiger partial charge in [-0.05, 0) is 30.2 Å². The van der Waals surface area contributed by atoms with Gasteiger partial charge in [-0.1, -0.05) is 42.5 Å². The minimum Gasteiger partial charge on any atom is -0.452 e. The number of carbonyl (C=O) groups excluding carboxylic acids is 3. The molecule has 1 aliphatic rings. The quantitative estimate of drug-likeness (QED) is 0.727. The van der Waals surface area contributed by atoms with Crippen LogP contribution in [0.5, 0.6) is 0 Å². The Bertz CT molecular complexity index is 843. The summed E-state index contributed by atoms with van der Waals surface area (Å²) in [5, 5.41) is 0. The number of ether oxygens (including phenoxy) is 2. The molecule has 152 valence electrons. The number of carbonyl (C=O) groups is 3. The lowest BCUT2D eigenvalue weighted by Gasteiger charge is -2.33. The van der Waals surface area contributed by atoms with Crippen molar-refractivity contribution in [2.75, 3.05) is 39.4 Å². The summed E-state index contributed by atoms with van der Waals surface area (Å²) < 4.78 is 10.1. The topological polar surface area (TPSA) is 76.2 Å². The molecule has 29 heavy (non-hydrogen) atoms. The van der Waals surface area contributed by atoms with E-state index in [0.29, 0.717) is 38.3 Å². The number of hydrogen-bond donors (Lipinski definition) is 0. The lowest BCUT2D eigenvalue weighted by molar-refractivity contribution is -0.136. The third kappa shape index (κ3) is 5.34. The molecule has 1 saturated heterocycles. The van der Waals surface area contributed by atoms with E-state index >= 15 is 0 Å². The first kappa shape index (κ1) is 20.4. The van der Waals surface area contributed by atoms with Crippen molar-refractivity contribution in [2.45, 2.75) is 6.92 Å². The van der Waals surface area contributed by atoms with Crippen LogP contribution in [-0.2, 0) is 14.3 Å². The van der Waals surface area contributed by atoms with Crippen molar-refractivity contribution in [3.63, 3.8) is 0 Å². The first-order valence-electron chi connectivity index (χ1n) is 9.60. The van der Waals surface area contributed by atoms with Crippen LogP contribution in [0.4, 0.5) is 4.79 Å². The van der Waals surface area contributed by atoms with Gasteiger partial charge >= 0.3 is 12.1 Å². The highest BCUT2D eigenvalue weighted by Crippen LogP contribution is 2.19. The normalized spacial score (nSPS) is 13.7. The van der Waals surface area contributed by atoms with E-state index < -0.39 is 5.97 Å². The number of esters is 1. The van der Waals surface area contributed by atoms with Crippen molar-refractivity contribution in [2.24, 2.45) is 0 Å². The fourth-order valence-corrected chi connectivity index (χ4v) is 3.08. The van der Waals surface area contributed by atoms with Crippen LogP contribution < -0.4 is 0 Å². The first-order valence-corrected chi connectivity index (χ1v) is 9.60. The van der Waals surface area contributed by atoms with Crippen LogP contribution in [0.15, 0.2) is 54.6 Å². The highest BCUT2D eigenvalue weighted by Gasteiger charge is 2.25. The van der Waals surface area contributed by atoms with Gasteiger partial charge in [0.2, 0.25) is 0 Å². The lowest BCUT2D eigenvalue weighted by atomic mass is 10.0. The number of amides is 2. The second-order valence-corrected chi connectivity index (χ2v) is 6.59. The molecule has 2 amide bonds. The van der Waals surface area contributed by atoms with Gasteiger partial charge in [0.25, 0.3) is 5.91 Å². The molecule has 7 nitrogen and oxygen atoms in total. The maximum Gasteiger partial charge on any atom is 0.409 e. The van der Waals surface area contributed by atoms with E-state index in [9.17, 15) is 14.4 Å². The molecule has 2 aromatic carbocycles. The Hall–Kier alpha value is -3.35. The number of rotatable bonds is 5. The Labute approximate surface area is 169 Å². The number of benzene rings is 2. The molecule has 0 saturated carbocycles. The van der Waals surface area contributed by atoms with Crippen molar-refractivity contribution in [3.8, 4) is 11.1 Å². The second kappa shape index (κ2) is 9.73. The minimum atomic E-state index is -0.539. The summed E-state index contributed by atoms with van der Waals surface area (Å²) in [5.41, 5.74) is 2.45. The molecule has 2 aromatic rings. The summed E-state index contributed by atoms with van der Waals surface area (Å²) >= 11 is 0. The highest BCUT2D eigenvalue weighted by molar-refractivity contribution is 5.92. The van der Waals surface area contributed by atoms with Crippen LogP contribution >= 0.6 is 0 Å². The van der Waals surface area contributed by atoms with E-state index in [4.69, 9.17) is 9.47 Å². The van der Waals surface area contributed by atoms with Crippen LogP contribution in [0.25, 0.3) is 11.1 Å². The molecule has 1 heterocycles. The summed E-state index contributed by atoms with van der Waals surface area (Å²) in [5.74, 6) is -0.814. The molecule has 0 bridgehead atoms. The van der Waals surface area contributed by atoms with Crippen LogP contribution in [0.1, 0.15) is 17.3 Å². The Morgan fingerprint density at radius 2 is 1.38 bits per heavy atom. The van der Waals surface area contributed by atoms with Crippen molar-refractivity contribution in [1.29, 1.82) is 0 Å². The smallest absolute Gasteiger partial charge is 0.409 e. The minimum absolute atomic E-state index is 0.275. The van der Waals surface area contributed by atoms with Crippen molar-refractivity contribution in [3.05, 3.63) is 60.2 Å². The van der Waals surface area contributed by atoms with E-state index in [1.54, 1.807) is 28.9 Å². The fourth-order valence-electron chi connectivity index (χ4n) is 3.08. The molecule has 3 rings (SSSR count). The molecule has 0 spiro atoms. The SMILES string of the molecule is CCOC(=O)N1CCN(C(=O)COC(=O)c2ccc(-c3ccccc3)cc2)CC1. The van der Waals surface area contributed by atoms with Gasteiger partial charge in [0.05, 0.1) is 12.2 Å². The van der Waals surface area contributed by atoms with Gasteiger partial charge in [0.15, 0.2) is 6.61 Å². The van der Waals surface area contributed by atoms with Gasteiger partial charge in [-0.3, -0.25) is 4.79 Å². The summed E-state index contributed by atoms with van der Waals surface area (Å²) in [4.78, 5) is 39.4. The Kier molecular flexibility index (Phi) is 6.84. The zero-order chi connectivity index (χ0) is 20.6. The van der Waals surface area contributed by atoms with E-state index in [1.807, 2.05) is 42.5 Å². The van der Waals surface area contributed by atoms with Crippen molar-refractivity contribution >= 4 is 18.0 Å². The average molecular weight is 396 g/mol. The summed E-state index contributed by atoms with van der Waals surface area (Å²) in [6.07, 6.45) is -0.370. The number of nitrogens with zero attached hydrogens (tertiary/aromatic N) is 2. The van der Waals surface area contributed by atoms with Gasteiger partial charge in [-0.2, -0.15) is 0 Å². The molecule has 1 fully saturated rings. The molecule has 0 atom stereocenters. The van der Waals surface area contributed by atoms with E-state index in [0.717, 1.165) is 11.1 Å². The van der Waals surface area contributed by atoms with Crippen LogP contribution in [-0.4, -0.2) is 67.2 Å². The second-order valence-electron chi connectivity index (χ2n) is 6.59. The molecule has 0 radical (unpaired) electrons. The number of hydrogen-bond acceptors (Lipinski definition) is 5. The molecular formula is C22H24N2O5. The lowest BCUT2D eigenvalue weighted by Crippen LogP contribution is -2.51. The Morgan fingerprint density at radius 3 is 2.00 bits per heavy atom. The monoisotopic (exact) mass is 396 g/mol. The zero-order valence-electron chi connectivity index (χ0n) is 16.4. The third-order valence-electron chi connectivity index (χ3n) is 4.71.